The summed E-state index contributed by atoms with van der Waals surface area (Å²) in [6, 6.07) is 77.2. The number of fused-ring (bicyclic) bond motifs is 18. The fourth-order valence-corrected chi connectivity index (χ4v) is 11.5. The highest BCUT2D eigenvalue weighted by Crippen LogP contribution is 2.50. The van der Waals surface area contributed by atoms with Crippen LogP contribution in [0, 0.1) is 0 Å². The monoisotopic (exact) mass is 826 g/mol. The Morgan fingerprint density at radius 2 is 0.754 bits per heavy atom. The largest absolute Gasteiger partial charge is 0.458 e. The predicted octanol–water partition coefficient (Wildman–Crippen LogP) is 13.6. The average molecular weight is 827 g/mol. The first-order chi connectivity index (χ1) is 32.3. The van der Waals surface area contributed by atoms with E-state index in [2.05, 4.69) is 221 Å². The molecule has 0 spiro atoms. The van der Waals surface area contributed by atoms with Crippen LogP contribution in [0.25, 0.3) is 99.5 Å². The first-order valence-electron chi connectivity index (χ1n) is 22.4. The zero-order valence-corrected chi connectivity index (χ0v) is 35.0. The molecule has 4 heterocycles. The molecule has 0 amide bonds. The number of rotatable bonds is 2. The van der Waals surface area contributed by atoms with Gasteiger partial charge in [0.2, 0.25) is 0 Å². The number of nitrogens with zero attached hydrogens (tertiary/aromatic N) is 2. The molecule has 15 rings (SSSR count). The maximum Gasteiger partial charge on any atom is 0.260 e. The van der Waals surface area contributed by atoms with Crippen molar-refractivity contribution in [1.29, 1.82) is 0 Å². The minimum atomic E-state index is -0.112. The van der Waals surface area contributed by atoms with E-state index in [9.17, 15) is 0 Å². The first-order valence-corrected chi connectivity index (χ1v) is 22.4. The lowest BCUT2D eigenvalue weighted by Gasteiger charge is -2.34. The number of hydrogen-bond acceptors (Lipinski definition) is 2. The summed E-state index contributed by atoms with van der Waals surface area (Å²) < 4.78 is 19.2. The number of ether oxygens (including phenoxy) is 2. The molecule has 0 unspecified atom stereocenters. The average Bonchev–Trinajstić information content (AvgIpc) is 3.89. The standard InChI is InChI=1S/C60H35BN2O2/c1-2-17-38-37(16-1)39-18-3-5-20-41(39)47-34-50-56(35-48(47)42-21-6-4-19-40(38)42)65-58-33-36(32-57-59(58)61(50)49-26-10-14-31-55(49)64-57)62-51-27-11-9-24-45(51)46-25-15-30-54(60(46)62)63-52-28-12-7-22-43(52)44-23-8-13-29-53(44)63/h1-35H. The summed E-state index contributed by atoms with van der Waals surface area (Å²) in [5, 5.41) is 4.83. The molecule has 0 atom stereocenters. The van der Waals surface area contributed by atoms with Crippen molar-refractivity contribution >= 4 is 66.7 Å². The molecular formula is C60H35BN2O2. The minimum absolute atomic E-state index is 0.112. The molecule has 0 fully saturated rings. The van der Waals surface area contributed by atoms with E-state index in [0.717, 1.165) is 67.4 Å². The Bertz CT molecular complexity index is 3990. The number of para-hydroxylation sites is 5. The highest BCUT2D eigenvalue weighted by Gasteiger charge is 2.42. The molecule has 0 saturated carbocycles. The van der Waals surface area contributed by atoms with Crippen molar-refractivity contribution in [3.05, 3.63) is 212 Å². The van der Waals surface area contributed by atoms with Crippen molar-refractivity contribution in [3.63, 3.8) is 0 Å². The molecule has 65 heavy (non-hydrogen) atoms. The molecule has 12 aromatic rings. The zero-order valence-electron chi connectivity index (χ0n) is 35.0. The first kappa shape index (κ1) is 35.0. The topological polar surface area (TPSA) is 28.3 Å². The van der Waals surface area contributed by atoms with Gasteiger partial charge in [0, 0.05) is 39.1 Å². The van der Waals surface area contributed by atoms with E-state index in [0.29, 0.717) is 0 Å². The molecule has 300 valence electrons. The van der Waals surface area contributed by atoms with Crippen LogP contribution in [0.5, 0.6) is 23.0 Å². The van der Waals surface area contributed by atoms with E-state index in [1.165, 1.54) is 71.5 Å². The van der Waals surface area contributed by atoms with Gasteiger partial charge in [-0.2, -0.15) is 0 Å². The summed E-state index contributed by atoms with van der Waals surface area (Å²) in [6.07, 6.45) is 0. The zero-order chi connectivity index (χ0) is 42.3. The Labute approximate surface area is 374 Å². The Kier molecular flexibility index (Phi) is 7.00. The summed E-state index contributed by atoms with van der Waals surface area (Å²) in [5.41, 5.74) is 19.6. The summed E-state index contributed by atoms with van der Waals surface area (Å²) in [6.45, 7) is -0.112. The SMILES string of the molecule is c1ccc2c(c1)Oc1cc(-n3c4ccccc4c4cccc(-n5c6ccccc6c6ccccc65)c43)cc3c1B2c1cc2c(cc1O3)-c1ccccc1-c1ccccc1-c1ccccc1-2. The van der Waals surface area contributed by atoms with E-state index in [1.54, 1.807) is 0 Å². The maximum absolute atomic E-state index is 7.33. The van der Waals surface area contributed by atoms with Gasteiger partial charge in [0.25, 0.3) is 6.71 Å². The Balaban J connectivity index is 1.01. The molecule has 0 bridgehead atoms. The second kappa shape index (κ2) is 13.0. The van der Waals surface area contributed by atoms with Crippen LogP contribution in [0.4, 0.5) is 0 Å². The molecule has 3 aliphatic rings. The highest BCUT2D eigenvalue weighted by molar-refractivity contribution is 6.98. The summed E-state index contributed by atoms with van der Waals surface area (Å²) >= 11 is 0. The molecule has 5 heteroatoms. The van der Waals surface area contributed by atoms with Crippen molar-refractivity contribution in [2.24, 2.45) is 0 Å². The van der Waals surface area contributed by atoms with Gasteiger partial charge in [-0.1, -0.05) is 164 Å². The number of hydrogen-bond donors (Lipinski definition) is 0. The Morgan fingerprint density at radius 3 is 1.35 bits per heavy atom. The third-order valence-corrected chi connectivity index (χ3v) is 14.2. The molecule has 0 saturated heterocycles. The van der Waals surface area contributed by atoms with Crippen molar-refractivity contribution in [2.75, 3.05) is 0 Å². The van der Waals surface area contributed by atoms with Crippen molar-refractivity contribution in [2.45, 2.75) is 0 Å². The Hall–Kier alpha value is -8.54. The summed E-state index contributed by atoms with van der Waals surface area (Å²) in [5.74, 6) is 3.32. The van der Waals surface area contributed by atoms with Crippen molar-refractivity contribution < 1.29 is 9.47 Å². The number of aromatic nitrogens is 2. The maximum atomic E-state index is 7.33. The normalized spacial score (nSPS) is 12.8. The second-order valence-electron chi connectivity index (χ2n) is 17.5. The van der Waals surface area contributed by atoms with Crippen LogP contribution in [0.2, 0.25) is 0 Å². The van der Waals surface area contributed by atoms with E-state index in [4.69, 9.17) is 9.47 Å². The molecule has 2 aromatic heterocycles. The predicted molar refractivity (Wildman–Crippen MR) is 268 cm³/mol. The lowest BCUT2D eigenvalue weighted by atomic mass is 9.34. The van der Waals surface area contributed by atoms with E-state index in [1.807, 2.05) is 0 Å². The summed E-state index contributed by atoms with van der Waals surface area (Å²) in [4.78, 5) is 0. The molecule has 2 aliphatic heterocycles. The fraction of sp³-hybridized carbons (Fsp3) is 0. The van der Waals surface area contributed by atoms with Crippen molar-refractivity contribution in [1.82, 2.24) is 9.13 Å². The van der Waals surface area contributed by atoms with Crippen LogP contribution in [-0.2, 0) is 0 Å². The van der Waals surface area contributed by atoms with Crippen LogP contribution >= 0.6 is 0 Å². The van der Waals surface area contributed by atoms with Crippen LogP contribution in [-0.4, -0.2) is 15.8 Å². The fourth-order valence-electron chi connectivity index (χ4n) is 11.5. The van der Waals surface area contributed by atoms with Gasteiger partial charge in [0.15, 0.2) is 0 Å². The van der Waals surface area contributed by atoms with Crippen LogP contribution in [0.15, 0.2) is 212 Å². The second-order valence-corrected chi connectivity index (χ2v) is 17.5. The van der Waals surface area contributed by atoms with E-state index >= 15 is 0 Å². The third-order valence-electron chi connectivity index (χ3n) is 14.2. The lowest BCUT2D eigenvalue weighted by Crippen LogP contribution is -2.57. The van der Waals surface area contributed by atoms with Crippen LogP contribution in [0.1, 0.15) is 0 Å². The molecular weight excluding hydrogens is 791 g/mol. The van der Waals surface area contributed by atoms with Gasteiger partial charge in [-0.05, 0) is 91.8 Å². The quantitative estimate of drug-likeness (QED) is 0.162. The van der Waals surface area contributed by atoms with Crippen molar-refractivity contribution in [3.8, 4) is 78.9 Å². The van der Waals surface area contributed by atoms with Gasteiger partial charge < -0.3 is 18.6 Å². The summed E-state index contributed by atoms with van der Waals surface area (Å²) in [7, 11) is 0. The molecule has 4 nitrogen and oxygen atoms in total. The molecule has 1 aliphatic carbocycles. The third kappa shape index (κ3) is 4.76. The van der Waals surface area contributed by atoms with Gasteiger partial charge >= 0.3 is 0 Å². The molecule has 0 N–H and O–H groups in total. The van der Waals surface area contributed by atoms with E-state index < -0.39 is 0 Å². The minimum Gasteiger partial charge on any atom is -0.458 e. The van der Waals surface area contributed by atoms with Crippen LogP contribution in [0.3, 0.4) is 0 Å². The van der Waals surface area contributed by atoms with Gasteiger partial charge in [-0.3, -0.25) is 0 Å². The van der Waals surface area contributed by atoms with Gasteiger partial charge in [-0.15, -0.1) is 0 Å². The molecule has 10 aromatic carbocycles. The van der Waals surface area contributed by atoms with Gasteiger partial charge in [-0.25, -0.2) is 0 Å². The smallest absolute Gasteiger partial charge is 0.260 e. The lowest BCUT2D eigenvalue weighted by molar-refractivity contribution is 0.464. The Morgan fingerprint density at radius 1 is 0.308 bits per heavy atom. The number of benzene rings is 10. The van der Waals surface area contributed by atoms with Gasteiger partial charge in [0.05, 0.1) is 33.4 Å². The highest BCUT2D eigenvalue weighted by atomic mass is 16.5. The van der Waals surface area contributed by atoms with Gasteiger partial charge in [0.1, 0.15) is 23.0 Å². The molecule has 0 radical (unpaired) electrons. The van der Waals surface area contributed by atoms with E-state index in [-0.39, 0.29) is 6.71 Å². The van der Waals surface area contributed by atoms with Crippen LogP contribution < -0.4 is 25.9 Å².